The first-order chi connectivity index (χ1) is 11.8. The van der Waals surface area contributed by atoms with E-state index in [4.69, 9.17) is 0 Å². The lowest BCUT2D eigenvalue weighted by atomic mass is 10.1. The lowest BCUT2D eigenvalue weighted by Gasteiger charge is -2.33. The number of hydrogen-bond donors (Lipinski definition) is 0. The molecule has 2 aromatic carbocycles. The van der Waals surface area contributed by atoms with Crippen molar-refractivity contribution in [1.82, 2.24) is 0 Å². The Bertz CT molecular complexity index is 744. The molecule has 0 saturated heterocycles. The zero-order chi connectivity index (χ0) is 16.8. The third kappa shape index (κ3) is 2.94. The smallest absolute Gasteiger partial charge is 0.133 e. The fourth-order valence-electron chi connectivity index (χ4n) is 3.62. The number of allylic oxidation sites excluding steroid dienone is 5. The van der Waals surface area contributed by atoms with Crippen molar-refractivity contribution in [2.45, 2.75) is 19.0 Å². The van der Waals surface area contributed by atoms with Gasteiger partial charge < -0.3 is 0 Å². The molecule has 120 valence electrons. The molecule has 0 spiro atoms. The molecular formula is C22H22OP+. The summed E-state index contributed by atoms with van der Waals surface area (Å²) in [5.41, 5.74) is 0.872. The lowest BCUT2D eigenvalue weighted by molar-refractivity contribution is 0.567. The molecule has 0 amide bonds. The van der Waals surface area contributed by atoms with Crippen LogP contribution in [0, 0.1) is 0 Å². The van der Waals surface area contributed by atoms with Crippen LogP contribution < -0.4 is 10.6 Å². The normalized spacial score (nSPS) is 16.9. The third-order valence-corrected chi connectivity index (χ3v) is 9.59. The van der Waals surface area contributed by atoms with Gasteiger partial charge in [0.1, 0.15) is 22.2 Å². The van der Waals surface area contributed by atoms with Gasteiger partial charge in [-0.1, -0.05) is 55.5 Å². The van der Waals surface area contributed by atoms with E-state index in [9.17, 15) is 4.79 Å². The molecule has 1 nitrogen and oxygen atoms in total. The van der Waals surface area contributed by atoms with E-state index in [1.54, 1.807) is 0 Å². The molecule has 0 aliphatic heterocycles. The monoisotopic (exact) mass is 333 g/mol. The molecule has 1 aliphatic rings. The van der Waals surface area contributed by atoms with Gasteiger partial charge in [-0.05, 0) is 42.8 Å². The number of hydrogen-bond acceptors (Lipinski definition) is 1. The van der Waals surface area contributed by atoms with Crippen LogP contribution in [0.1, 0.15) is 13.3 Å². The van der Waals surface area contributed by atoms with E-state index in [0.717, 1.165) is 18.2 Å². The van der Waals surface area contributed by atoms with Crippen LogP contribution in [0.15, 0.2) is 90.5 Å². The van der Waals surface area contributed by atoms with Crippen LogP contribution in [0.25, 0.3) is 0 Å². The summed E-state index contributed by atoms with van der Waals surface area (Å²) >= 11 is 0. The highest BCUT2D eigenvalue weighted by Gasteiger charge is 2.50. The lowest BCUT2D eigenvalue weighted by Crippen LogP contribution is -2.34. The Morgan fingerprint density at radius 2 is 1.50 bits per heavy atom. The molecular weight excluding hydrogens is 311 g/mol. The van der Waals surface area contributed by atoms with E-state index in [1.165, 1.54) is 10.6 Å². The summed E-state index contributed by atoms with van der Waals surface area (Å²) < 4.78 is 0. The van der Waals surface area contributed by atoms with E-state index < -0.39 is 7.26 Å². The summed E-state index contributed by atoms with van der Waals surface area (Å²) in [6.07, 6.45) is 10.3. The fraction of sp³-hybridized carbons (Fsp3) is 0.182. The number of benzene rings is 2. The summed E-state index contributed by atoms with van der Waals surface area (Å²) in [7, 11) is -1.79. The van der Waals surface area contributed by atoms with E-state index in [1.807, 2.05) is 12.2 Å². The second-order valence-corrected chi connectivity index (χ2v) is 9.78. The highest BCUT2D eigenvalue weighted by atomic mass is 31.2. The maximum Gasteiger partial charge on any atom is 0.133 e. The van der Waals surface area contributed by atoms with Gasteiger partial charge >= 0.3 is 0 Å². The van der Waals surface area contributed by atoms with Gasteiger partial charge in [-0.3, -0.25) is 0 Å². The molecule has 0 radical (unpaired) electrons. The topological polar surface area (TPSA) is 17.1 Å². The van der Waals surface area contributed by atoms with Gasteiger partial charge in [-0.25, -0.2) is 4.79 Å². The Kier molecular flexibility index (Phi) is 5.26. The largest absolute Gasteiger partial charge is 0.233 e. The Morgan fingerprint density at radius 1 is 0.917 bits per heavy atom. The molecule has 2 aromatic rings. The SMILES string of the molecule is CCC[P+](c1ccccc1)(c1ccccc1)C1C=CC=CC1=C=O. The van der Waals surface area contributed by atoms with Crippen LogP contribution in [-0.4, -0.2) is 17.8 Å². The van der Waals surface area contributed by atoms with Crippen molar-refractivity contribution in [2.24, 2.45) is 0 Å². The Hall–Kier alpha value is -2.20. The van der Waals surface area contributed by atoms with Crippen LogP contribution in [0.3, 0.4) is 0 Å². The number of rotatable bonds is 5. The van der Waals surface area contributed by atoms with Gasteiger partial charge in [-0.2, -0.15) is 0 Å². The second kappa shape index (κ2) is 7.58. The first-order valence-electron chi connectivity index (χ1n) is 8.41. The average Bonchev–Trinajstić information content (AvgIpc) is 2.67. The summed E-state index contributed by atoms with van der Waals surface area (Å²) in [4.78, 5) is 11.7. The third-order valence-electron chi connectivity index (χ3n) is 4.60. The second-order valence-electron chi connectivity index (χ2n) is 6.01. The van der Waals surface area contributed by atoms with Crippen LogP contribution >= 0.6 is 7.26 Å². The van der Waals surface area contributed by atoms with Crippen molar-refractivity contribution in [3.05, 3.63) is 90.5 Å². The molecule has 0 fully saturated rings. The maximum absolute atomic E-state index is 11.7. The van der Waals surface area contributed by atoms with Crippen LogP contribution in [-0.2, 0) is 4.79 Å². The Morgan fingerprint density at radius 3 is 2.00 bits per heavy atom. The predicted molar refractivity (Wildman–Crippen MR) is 106 cm³/mol. The van der Waals surface area contributed by atoms with Gasteiger partial charge in [0.15, 0.2) is 0 Å². The molecule has 0 N–H and O–H groups in total. The summed E-state index contributed by atoms with van der Waals surface area (Å²) in [5, 5.41) is 2.71. The van der Waals surface area contributed by atoms with E-state index >= 15 is 0 Å². The molecule has 0 saturated carbocycles. The highest BCUT2D eigenvalue weighted by molar-refractivity contribution is 7.90. The minimum atomic E-state index is -1.79. The quantitative estimate of drug-likeness (QED) is 0.588. The zero-order valence-electron chi connectivity index (χ0n) is 13.9. The molecule has 24 heavy (non-hydrogen) atoms. The molecule has 0 heterocycles. The molecule has 0 bridgehead atoms. The van der Waals surface area contributed by atoms with Gasteiger partial charge in [0.25, 0.3) is 0 Å². The standard InChI is InChI=1S/C22H22OP/c1-2-17-24(20-12-5-3-6-13-20,21-14-7-4-8-15-21)22-16-10-9-11-19(22)18-23/h3-16,22H,2,17H2,1H3/q+1. The number of carbonyl (C=O) groups excluding carboxylic acids is 1. The van der Waals surface area contributed by atoms with Gasteiger partial charge in [0, 0.05) is 0 Å². The van der Waals surface area contributed by atoms with Gasteiger partial charge in [-0.15, -0.1) is 0 Å². The van der Waals surface area contributed by atoms with Crippen molar-refractivity contribution in [1.29, 1.82) is 0 Å². The predicted octanol–water partition coefficient (Wildman–Crippen LogP) is 4.32. The highest BCUT2D eigenvalue weighted by Crippen LogP contribution is 2.63. The molecule has 2 heteroatoms. The zero-order valence-corrected chi connectivity index (χ0v) is 14.8. The molecule has 3 rings (SSSR count). The molecule has 1 unspecified atom stereocenters. The van der Waals surface area contributed by atoms with Crippen molar-refractivity contribution in [3.63, 3.8) is 0 Å². The minimum absolute atomic E-state index is 0.102. The summed E-state index contributed by atoms with van der Waals surface area (Å²) in [6.45, 7) is 2.23. The molecule has 0 aromatic heterocycles. The van der Waals surface area contributed by atoms with E-state index in [2.05, 4.69) is 85.7 Å². The van der Waals surface area contributed by atoms with Crippen LogP contribution in [0.4, 0.5) is 0 Å². The van der Waals surface area contributed by atoms with Gasteiger partial charge in [0.2, 0.25) is 0 Å². The minimum Gasteiger partial charge on any atom is -0.233 e. The molecule has 1 atom stereocenters. The maximum atomic E-state index is 11.7. The van der Waals surface area contributed by atoms with E-state index in [-0.39, 0.29) is 5.66 Å². The van der Waals surface area contributed by atoms with Crippen LogP contribution in [0.5, 0.6) is 0 Å². The van der Waals surface area contributed by atoms with Crippen LogP contribution in [0.2, 0.25) is 0 Å². The molecule has 1 aliphatic carbocycles. The Labute approximate surface area is 144 Å². The van der Waals surface area contributed by atoms with Crippen molar-refractivity contribution in [2.75, 3.05) is 6.16 Å². The van der Waals surface area contributed by atoms with Crippen molar-refractivity contribution < 1.29 is 4.79 Å². The fourth-order valence-corrected chi connectivity index (χ4v) is 8.47. The van der Waals surface area contributed by atoms with Crippen molar-refractivity contribution >= 4 is 23.8 Å². The van der Waals surface area contributed by atoms with E-state index in [0.29, 0.717) is 0 Å². The average molecular weight is 333 g/mol. The first kappa shape index (κ1) is 16.7. The van der Waals surface area contributed by atoms with Crippen molar-refractivity contribution in [3.8, 4) is 0 Å². The van der Waals surface area contributed by atoms with Gasteiger partial charge in [0.05, 0.1) is 19.0 Å². The summed E-state index contributed by atoms with van der Waals surface area (Å²) in [5.74, 6) is 2.21. The first-order valence-corrected chi connectivity index (χ1v) is 10.5. The summed E-state index contributed by atoms with van der Waals surface area (Å²) in [6, 6.07) is 21.5. The Balaban J connectivity index is 2.29.